The topological polar surface area (TPSA) is 0 Å². The van der Waals surface area contributed by atoms with Crippen molar-refractivity contribution in [2.75, 3.05) is 5.88 Å². The van der Waals surface area contributed by atoms with Crippen LogP contribution in [0.3, 0.4) is 0 Å². The Hall–Kier alpha value is 0.220. The summed E-state index contributed by atoms with van der Waals surface area (Å²) in [5, 5.41) is 0. The van der Waals surface area contributed by atoms with Crippen molar-refractivity contribution in [3.8, 4) is 0 Å². The van der Waals surface area contributed by atoms with Crippen LogP contribution >= 0.6 is 11.6 Å². The average molecular weight is 123 g/mol. The molecular formula is C5H8ClF. The molecule has 0 N–H and O–H groups in total. The van der Waals surface area contributed by atoms with E-state index < -0.39 is 6.17 Å². The fourth-order valence-corrected chi connectivity index (χ4v) is 0.836. The van der Waals surface area contributed by atoms with Gasteiger partial charge in [0.2, 0.25) is 0 Å². The molecule has 1 unspecified atom stereocenters. The molecule has 0 aromatic heterocycles. The summed E-state index contributed by atoms with van der Waals surface area (Å²) in [6, 6.07) is 0. The number of hydrogen-bond donors (Lipinski definition) is 0. The SMILES string of the molecule is FC(CCl)C1CC1. The van der Waals surface area contributed by atoms with Crippen molar-refractivity contribution in [2.45, 2.75) is 19.0 Å². The summed E-state index contributed by atoms with van der Waals surface area (Å²) in [6.07, 6.45) is 1.38. The van der Waals surface area contributed by atoms with E-state index in [-0.39, 0.29) is 5.88 Å². The van der Waals surface area contributed by atoms with Crippen molar-refractivity contribution in [1.82, 2.24) is 0 Å². The molecule has 0 saturated heterocycles. The minimum atomic E-state index is -0.721. The van der Waals surface area contributed by atoms with E-state index in [2.05, 4.69) is 0 Å². The van der Waals surface area contributed by atoms with Crippen LogP contribution in [0.25, 0.3) is 0 Å². The molecule has 1 fully saturated rings. The van der Waals surface area contributed by atoms with Crippen LogP contribution < -0.4 is 0 Å². The molecule has 7 heavy (non-hydrogen) atoms. The summed E-state index contributed by atoms with van der Waals surface area (Å²) in [7, 11) is 0. The maximum absolute atomic E-state index is 12.2. The maximum Gasteiger partial charge on any atom is 0.116 e. The number of halogens is 2. The Morgan fingerprint density at radius 2 is 2.29 bits per heavy atom. The summed E-state index contributed by atoms with van der Waals surface area (Å²) in [5.74, 6) is 0.502. The molecule has 0 amide bonds. The van der Waals surface area contributed by atoms with Crippen LogP contribution in [0, 0.1) is 5.92 Å². The van der Waals surface area contributed by atoms with E-state index in [0.717, 1.165) is 12.8 Å². The quantitative estimate of drug-likeness (QED) is 0.492. The van der Waals surface area contributed by atoms with Crippen LogP contribution in [0.4, 0.5) is 4.39 Å². The van der Waals surface area contributed by atoms with Crippen LogP contribution in [0.2, 0.25) is 0 Å². The molecule has 0 bridgehead atoms. The predicted molar refractivity (Wildman–Crippen MR) is 28.3 cm³/mol. The second-order valence-corrected chi connectivity index (χ2v) is 2.32. The smallest absolute Gasteiger partial charge is 0.116 e. The molecule has 1 atom stereocenters. The van der Waals surface area contributed by atoms with Crippen molar-refractivity contribution < 1.29 is 4.39 Å². The van der Waals surface area contributed by atoms with Crippen LogP contribution in [-0.2, 0) is 0 Å². The van der Waals surface area contributed by atoms with Gasteiger partial charge >= 0.3 is 0 Å². The van der Waals surface area contributed by atoms with Crippen LogP contribution in [-0.4, -0.2) is 12.1 Å². The zero-order valence-corrected chi connectivity index (χ0v) is 4.79. The van der Waals surface area contributed by atoms with E-state index in [1.165, 1.54) is 0 Å². The lowest BCUT2D eigenvalue weighted by atomic mass is 10.3. The van der Waals surface area contributed by atoms with Gasteiger partial charge in [-0.3, -0.25) is 0 Å². The molecule has 0 nitrogen and oxygen atoms in total. The van der Waals surface area contributed by atoms with E-state index in [1.807, 2.05) is 0 Å². The lowest BCUT2D eigenvalue weighted by molar-refractivity contribution is 0.328. The minimum absolute atomic E-state index is 0.185. The zero-order valence-electron chi connectivity index (χ0n) is 4.03. The molecule has 1 aliphatic carbocycles. The van der Waals surface area contributed by atoms with Crippen molar-refractivity contribution in [3.05, 3.63) is 0 Å². The Kier molecular flexibility index (Phi) is 1.53. The molecule has 0 heterocycles. The van der Waals surface area contributed by atoms with Gasteiger partial charge in [0.25, 0.3) is 0 Å². The summed E-state index contributed by atoms with van der Waals surface area (Å²) in [6.45, 7) is 0. The van der Waals surface area contributed by atoms with Crippen molar-refractivity contribution in [3.63, 3.8) is 0 Å². The van der Waals surface area contributed by atoms with Gasteiger partial charge < -0.3 is 0 Å². The van der Waals surface area contributed by atoms with Gasteiger partial charge in [-0.1, -0.05) is 0 Å². The fraction of sp³-hybridized carbons (Fsp3) is 1.00. The second kappa shape index (κ2) is 1.99. The largest absolute Gasteiger partial charge is 0.246 e. The third-order valence-electron chi connectivity index (χ3n) is 1.28. The lowest BCUT2D eigenvalue weighted by Crippen LogP contribution is -2.02. The van der Waals surface area contributed by atoms with Gasteiger partial charge in [-0.25, -0.2) is 4.39 Å². The standard InChI is InChI=1S/C5H8ClF/c6-3-5(7)4-1-2-4/h4-5H,1-3H2. The molecule has 1 rings (SSSR count). The van der Waals surface area contributed by atoms with Gasteiger partial charge in [-0.15, -0.1) is 11.6 Å². The maximum atomic E-state index is 12.2. The molecule has 0 spiro atoms. The van der Waals surface area contributed by atoms with Crippen LogP contribution in [0.1, 0.15) is 12.8 Å². The highest BCUT2D eigenvalue weighted by Gasteiger charge is 2.30. The Balaban J connectivity index is 2.10. The first-order chi connectivity index (χ1) is 3.34. The molecule has 0 aromatic rings. The molecule has 0 radical (unpaired) electrons. The third-order valence-corrected chi connectivity index (χ3v) is 1.58. The normalized spacial score (nSPS) is 24.9. The zero-order chi connectivity index (χ0) is 5.28. The van der Waals surface area contributed by atoms with E-state index in [1.54, 1.807) is 0 Å². The summed E-state index contributed by atoms with van der Waals surface area (Å²) in [4.78, 5) is 0. The second-order valence-electron chi connectivity index (χ2n) is 2.01. The third kappa shape index (κ3) is 1.30. The molecule has 1 saturated carbocycles. The van der Waals surface area contributed by atoms with Gasteiger partial charge in [0, 0.05) is 0 Å². The highest BCUT2D eigenvalue weighted by molar-refractivity contribution is 6.18. The predicted octanol–water partition coefficient (Wildman–Crippen LogP) is 1.97. The monoisotopic (exact) mass is 122 g/mol. The van der Waals surface area contributed by atoms with Gasteiger partial charge in [0.1, 0.15) is 6.17 Å². The highest BCUT2D eigenvalue weighted by Crippen LogP contribution is 2.34. The minimum Gasteiger partial charge on any atom is -0.246 e. The highest BCUT2D eigenvalue weighted by atomic mass is 35.5. The first-order valence-corrected chi connectivity index (χ1v) is 3.08. The summed E-state index contributed by atoms with van der Waals surface area (Å²) in [5.41, 5.74) is 0. The number of rotatable bonds is 2. The Labute approximate surface area is 47.7 Å². The summed E-state index contributed by atoms with van der Waals surface area (Å²) < 4.78 is 12.2. The number of alkyl halides is 2. The Bertz CT molecular complexity index is 61.1. The fourth-order valence-electron chi connectivity index (χ4n) is 0.584. The van der Waals surface area contributed by atoms with E-state index in [9.17, 15) is 4.39 Å². The summed E-state index contributed by atoms with van der Waals surface area (Å²) >= 11 is 5.21. The Morgan fingerprint density at radius 1 is 1.71 bits per heavy atom. The lowest BCUT2D eigenvalue weighted by Gasteiger charge is -1.95. The van der Waals surface area contributed by atoms with Gasteiger partial charge in [-0.2, -0.15) is 0 Å². The molecule has 42 valence electrons. The Morgan fingerprint density at radius 3 is 2.43 bits per heavy atom. The van der Waals surface area contributed by atoms with Crippen LogP contribution in [0.5, 0.6) is 0 Å². The van der Waals surface area contributed by atoms with Gasteiger partial charge in [0.15, 0.2) is 0 Å². The molecule has 0 aliphatic heterocycles. The number of hydrogen-bond acceptors (Lipinski definition) is 0. The van der Waals surface area contributed by atoms with Crippen molar-refractivity contribution in [1.29, 1.82) is 0 Å². The molecule has 1 aliphatic rings. The molecule has 0 aromatic carbocycles. The molecule has 2 heteroatoms. The first kappa shape index (κ1) is 5.36. The van der Waals surface area contributed by atoms with E-state index in [4.69, 9.17) is 11.6 Å². The van der Waals surface area contributed by atoms with Crippen molar-refractivity contribution >= 4 is 11.6 Å². The van der Waals surface area contributed by atoms with Crippen LogP contribution in [0.15, 0.2) is 0 Å². The van der Waals surface area contributed by atoms with Gasteiger partial charge in [0.05, 0.1) is 5.88 Å². The van der Waals surface area contributed by atoms with Crippen molar-refractivity contribution in [2.24, 2.45) is 5.92 Å². The average Bonchev–Trinajstić information content (AvgIpc) is 2.44. The molecular weight excluding hydrogens is 115 g/mol. The first-order valence-electron chi connectivity index (χ1n) is 2.54. The van der Waals surface area contributed by atoms with E-state index >= 15 is 0 Å². The van der Waals surface area contributed by atoms with E-state index in [0.29, 0.717) is 5.92 Å². The van der Waals surface area contributed by atoms with Gasteiger partial charge in [-0.05, 0) is 18.8 Å².